The van der Waals surface area contributed by atoms with E-state index in [0.29, 0.717) is 24.1 Å². The number of ether oxygens (including phenoxy) is 2. The number of benzene rings is 3. The lowest BCUT2D eigenvalue weighted by Crippen LogP contribution is -2.26. The van der Waals surface area contributed by atoms with Crippen molar-refractivity contribution in [3.8, 4) is 16.9 Å². The highest BCUT2D eigenvalue weighted by molar-refractivity contribution is 5.90. The molecule has 0 spiro atoms. The van der Waals surface area contributed by atoms with E-state index in [4.69, 9.17) is 9.47 Å². The van der Waals surface area contributed by atoms with E-state index < -0.39 is 12.1 Å². The van der Waals surface area contributed by atoms with Crippen LogP contribution >= 0.6 is 0 Å². The molecule has 0 atom stereocenters. The second-order valence-corrected chi connectivity index (χ2v) is 7.71. The number of nitrogens with one attached hydrogen (secondary N) is 1. The Bertz CT molecular complexity index is 1160. The number of aromatic hydroxyl groups is 1. The predicted octanol–water partition coefficient (Wildman–Crippen LogP) is 5.12. The van der Waals surface area contributed by atoms with Crippen molar-refractivity contribution in [1.29, 1.82) is 0 Å². The normalized spacial score (nSPS) is 12.3. The quantitative estimate of drug-likeness (QED) is 0.391. The highest BCUT2D eigenvalue weighted by Gasteiger charge is 2.28. The van der Waals surface area contributed by atoms with Crippen molar-refractivity contribution < 1.29 is 24.2 Å². The van der Waals surface area contributed by atoms with Gasteiger partial charge in [-0.1, -0.05) is 60.7 Å². The molecule has 1 aliphatic carbocycles. The lowest BCUT2D eigenvalue weighted by Gasteiger charge is -2.14. The number of carbonyl (C=O) groups excluding carboxylic acids is 2. The van der Waals surface area contributed by atoms with E-state index in [1.165, 1.54) is 41.5 Å². The number of fused-ring (bicyclic) bond motifs is 3. The number of phenolic OH excluding ortho intramolecular Hbond substituents is 1. The molecule has 0 aromatic heterocycles. The number of methoxy groups -OCH3 is 1. The first-order chi connectivity index (χ1) is 16.1. The van der Waals surface area contributed by atoms with Gasteiger partial charge in [0.05, 0.1) is 12.7 Å². The first-order valence-corrected chi connectivity index (χ1v) is 10.7. The van der Waals surface area contributed by atoms with Gasteiger partial charge in [0.25, 0.3) is 0 Å². The van der Waals surface area contributed by atoms with E-state index >= 15 is 0 Å². The predicted molar refractivity (Wildman–Crippen MR) is 126 cm³/mol. The number of hydrogen-bond donors (Lipinski definition) is 2. The van der Waals surface area contributed by atoms with Crippen molar-refractivity contribution in [2.75, 3.05) is 20.3 Å². The SMILES string of the molecule is COC(=O)c1ccc(O)c(C=CCCNC(=O)OCC2c3ccccc3-c3ccccc32)c1. The summed E-state index contributed by atoms with van der Waals surface area (Å²) in [6.45, 7) is 0.647. The third kappa shape index (κ3) is 4.90. The van der Waals surface area contributed by atoms with Crippen molar-refractivity contribution in [1.82, 2.24) is 5.32 Å². The first-order valence-electron chi connectivity index (χ1n) is 10.7. The van der Waals surface area contributed by atoms with E-state index in [9.17, 15) is 14.7 Å². The molecule has 0 aliphatic heterocycles. The van der Waals surface area contributed by atoms with Crippen LogP contribution in [0.1, 0.15) is 39.4 Å². The molecule has 0 unspecified atom stereocenters. The molecule has 3 aromatic carbocycles. The summed E-state index contributed by atoms with van der Waals surface area (Å²) < 4.78 is 10.2. The molecule has 4 rings (SSSR count). The van der Waals surface area contributed by atoms with E-state index in [1.54, 1.807) is 18.2 Å². The Morgan fingerprint density at radius 1 is 1.00 bits per heavy atom. The van der Waals surface area contributed by atoms with Gasteiger partial charge in [0, 0.05) is 18.0 Å². The molecule has 0 bridgehead atoms. The highest BCUT2D eigenvalue weighted by atomic mass is 16.5. The van der Waals surface area contributed by atoms with Gasteiger partial charge in [-0.15, -0.1) is 0 Å². The molecule has 6 nitrogen and oxygen atoms in total. The van der Waals surface area contributed by atoms with Gasteiger partial charge in [-0.3, -0.25) is 0 Å². The average molecular weight is 443 g/mol. The second kappa shape index (κ2) is 10.0. The Balaban J connectivity index is 1.28. The summed E-state index contributed by atoms with van der Waals surface area (Å²) in [5.41, 5.74) is 5.57. The van der Waals surface area contributed by atoms with E-state index in [2.05, 4.69) is 29.6 Å². The summed E-state index contributed by atoms with van der Waals surface area (Å²) in [5.74, 6) is -0.391. The number of carbonyl (C=O) groups is 2. The van der Waals surface area contributed by atoms with E-state index in [1.807, 2.05) is 24.3 Å². The molecule has 2 N–H and O–H groups in total. The second-order valence-electron chi connectivity index (χ2n) is 7.71. The van der Waals surface area contributed by atoms with Crippen LogP contribution in [0.4, 0.5) is 4.79 Å². The third-order valence-corrected chi connectivity index (χ3v) is 5.67. The molecule has 0 saturated heterocycles. The summed E-state index contributed by atoms with van der Waals surface area (Å²) in [4.78, 5) is 23.8. The Hall–Kier alpha value is -4.06. The van der Waals surface area contributed by atoms with Crippen LogP contribution in [0.15, 0.2) is 72.8 Å². The maximum atomic E-state index is 12.2. The monoisotopic (exact) mass is 443 g/mol. The molecular formula is C27H25NO5. The van der Waals surface area contributed by atoms with Crippen molar-refractivity contribution in [2.24, 2.45) is 0 Å². The summed E-state index contributed by atoms with van der Waals surface area (Å²) in [6.07, 6.45) is 3.56. The molecule has 0 radical (unpaired) electrons. The average Bonchev–Trinajstić information content (AvgIpc) is 3.16. The molecule has 0 heterocycles. The number of phenols is 1. The topological polar surface area (TPSA) is 84.9 Å². The van der Waals surface area contributed by atoms with Crippen LogP contribution in [0.25, 0.3) is 17.2 Å². The Labute approximate surface area is 192 Å². The fourth-order valence-electron chi connectivity index (χ4n) is 4.05. The first kappa shape index (κ1) is 22.1. The molecule has 168 valence electrons. The third-order valence-electron chi connectivity index (χ3n) is 5.67. The van der Waals surface area contributed by atoms with Crippen molar-refractivity contribution >= 4 is 18.1 Å². The summed E-state index contributed by atoms with van der Waals surface area (Å²) in [7, 11) is 1.31. The Morgan fingerprint density at radius 2 is 1.67 bits per heavy atom. The molecule has 1 aliphatic rings. The molecule has 6 heteroatoms. The maximum Gasteiger partial charge on any atom is 0.407 e. The summed E-state index contributed by atoms with van der Waals surface area (Å²) in [5, 5.41) is 12.7. The fraction of sp³-hybridized carbons (Fsp3) is 0.185. The zero-order valence-electron chi connectivity index (χ0n) is 18.3. The van der Waals surface area contributed by atoms with Crippen LogP contribution in [-0.2, 0) is 9.47 Å². The number of esters is 1. The number of hydrogen-bond acceptors (Lipinski definition) is 5. The lowest BCUT2D eigenvalue weighted by atomic mass is 9.98. The highest BCUT2D eigenvalue weighted by Crippen LogP contribution is 2.44. The van der Waals surface area contributed by atoms with Crippen LogP contribution in [-0.4, -0.2) is 37.4 Å². The van der Waals surface area contributed by atoms with Gasteiger partial charge in [0.1, 0.15) is 12.4 Å². The van der Waals surface area contributed by atoms with Gasteiger partial charge in [-0.25, -0.2) is 9.59 Å². The van der Waals surface area contributed by atoms with Crippen LogP contribution in [0.3, 0.4) is 0 Å². The number of amides is 1. The minimum absolute atomic E-state index is 0.0214. The summed E-state index contributed by atoms with van der Waals surface area (Å²) >= 11 is 0. The minimum atomic E-state index is -0.471. The van der Waals surface area contributed by atoms with Gasteiger partial charge < -0.3 is 19.9 Å². The van der Waals surface area contributed by atoms with E-state index in [0.717, 1.165) is 0 Å². The van der Waals surface area contributed by atoms with Crippen molar-refractivity contribution in [3.63, 3.8) is 0 Å². The van der Waals surface area contributed by atoms with Gasteiger partial charge in [0.15, 0.2) is 0 Å². The van der Waals surface area contributed by atoms with Gasteiger partial charge in [-0.2, -0.15) is 0 Å². The molecule has 0 fully saturated rings. The van der Waals surface area contributed by atoms with Crippen molar-refractivity contribution in [3.05, 3.63) is 95.1 Å². The number of rotatable bonds is 7. The van der Waals surface area contributed by atoms with Gasteiger partial charge in [-0.05, 0) is 46.9 Å². The van der Waals surface area contributed by atoms with Crippen LogP contribution in [0.5, 0.6) is 5.75 Å². The van der Waals surface area contributed by atoms with Crippen LogP contribution in [0.2, 0.25) is 0 Å². The van der Waals surface area contributed by atoms with Crippen LogP contribution < -0.4 is 5.32 Å². The zero-order valence-corrected chi connectivity index (χ0v) is 18.3. The zero-order chi connectivity index (χ0) is 23.2. The Kier molecular flexibility index (Phi) is 6.74. The summed E-state index contributed by atoms with van der Waals surface area (Å²) in [6, 6.07) is 20.9. The Morgan fingerprint density at radius 3 is 2.33 bits per heavy atom. The molecule has 1 amide bonds. The molecular weight excluding hydrogens is 418 g/mol. The largest absolute Gasteiger partial charge is 0.507 e. The van der Waals surface area contributed by atoms with Crippen molar-refractivity contribution in [2.45, 2.75) is 12.3 Å². The smallest absolute Gasteiger partial charge is 0.407 e. The van der Waals surface area contributed by atoms with Gasteiger partial charge >= 0.3 is 12.1 Å². The molecule has 3 aromatic rings. The maximum absolute atomic E-state index is 12.2. The molecule has 0 saturated carbocycles. The number of alkyl carbamates (subject to hydrolysis) is 1. The minimum Gasteiger partial charge on any atom is -0.507 e. The standard InChI is InChI=1S/C27H25NO5/c1-32-26(30)19-13-14-25(29)18(16-19)8-6-7-15-28-27(31)33-17-24-22-11-4-2-9-20(22)21-10-3-5-12-23(21)24/h2-6,8-14,16,24,29H,7,15,17H2,1H3,(H,28,31). The molecule has 33 heavy (non-hydrogen) atoms. The fourth-order valence-corrected chi connectivity index (χ4v) is 4.05. The van der Waals surface area contributed by atoms with Gasteiger partial charge in [0.2, 0.25) is 0 Å². The van der Waals surface area contributed by atoms with Crippen LogP contribution in [0, 0.1) is 0 Å². The lowest BCUT2D eigenvalue weighted by molar-refractivity contribution is 0.0600. The van der Waals surface area contributed by atoms with E-state index in [-0.39, 0.29) is 18.3 Å².